The summed E-state index contributed by atoms with van der Waals surface area (Å²) in [6, 6.07) is 1.80. The van der Waals surface area contributed by atoms with Gasteiger partial charge < -0.3 is 0 Å². The predicted molar refractivity (Wildman–Crippen MR) is 51.8 cm³/mol. The van der Waals surface area contributed by atoms with Gasteiger partial charge in [0.25, 0.3) is 0 Å². The van der Waals surface area contributed by atoms with Gasteiger partial charge in [0, 0.05) is 6.54 Å². The van der Waals surface area contributed by atoms with Gasteiger partial charge in [-0.05, 0) is 18.4 Å². The fraction of sp³-hybridized carbons (Fsp3) is 0.600. The molecule has 0 aliphatic heterocycles. The van der Waals surface area contributed by atoms with E-state index in [9.17, 15) is 4.79 Å². The van der Waals surface area contributed by atoms with Crippen LogP contribution in [0.25, 0.3) is 0 Å². The van der Waals surface area contributed by atoms with Gasteiger partial charge in [0.1, 0.15) is 5.69 Å². The first kappa shape index (κ1) is 9.96. The molecule has 0 saturated heterocycles. The Bertz CT molecular complexity index is 307. The van der Waals surface area contributed by atoms with Gasteiger partial charge in [-0.15, -0.1) is 0 Å². The number of nitrogens with zero attached hydrogens (tertiary/aromatic N) is 2. The van der Waals surface area contributed by atoms with E-state index in [1.807, 2.05) is 6.92 Å². The molecule has 0 spiro atoms. The molecule has 0 fully saturated rings. The van der Waals surface area contributed by atoms with Crippen molar-refractivity contribution in [3.05, 3.63) is 17.5 Å². The summed E-state index contributed by atoms with van der Waals surface area (Å²) in [6.45, 7) is 9.04. The zero-order valence-electron chi connectivity index (χ0n) is 8.66. The highest BCUT2D eigenvalue weighted by Crippen LogP contribution is 2.17. The minimum atomic E-state index is 0.149. The molecule has 0 amide bonds. The average Bonchev–Trinajstić information content (AvgIpc) is 2.27. The number of hydrogen-bond donors (Lipinski definition) is 0. The number of carbonyl (C=O) groups excluding carboxylic acids is 1. The molecule has 0 aromatic carbocycles. The highest BCUT2D eigenvalue weighted by atomic mass is 16.1. The lowest BCUT2D eigenvalue weighted by atomic mass is 9.97. The van der Waals surface area contributed by atoms with Crippen LogP contribution in [0.2, 0.25) is 0 Å². The Hall–Kier alpha value is -1.12. The highest BCUT2D eigenvalue weighted by Gasteiger charge is 2.14. The average molecular weight is 180 g/mol. The Labute approximate surface area is 78.8 Å². The third kappa shape index (κ3) is 2.68. The van der Waals surface area contributed by atoms with Crippen LogP contribution < -0.4 is 0 Å². The Kier molecular flexibility index (Phi) is 2.55. The Balaban J connectivity index is 2.93. The maximum Gasteiger partial charge on any atom is 0.168 e. The number of aryl methyl sites for hydroxylation is 1. The molecule has 13 heavy (non-hydrogen) atoms. The summed E-state index contributed by atoms with van der Waals surface area (Å²) in [7, 11) is 0. The van der Waals surface area contributed by atoms with Crippen molar-refractivity contribution in [2.75, 3.05) is 0 Å². The Morgan fingerprint density at radius 3 is 2.62 bits per heavy atom. The van der Waals surface area contributed by atoms with Crippen molar-refractivity contribution >= 4 is 6.29 Å². The van der Waals surface area contributed by atoms with Crippen LogP contribution in [-0.4, -0.2) is 16.1 Å². The van der Waals surface area contributed by atoms with E-state index in [0.29, 0.717) is 5.69 Å². The van der Waals surface area contributed by atoms with Gasteiger partial charge in [-0.1, -0.05) is 20.8 Å². The number of aldehydes is 1. The molecule has 0 N–H and O–H groups in total. The van der Waals surface area contributed by atoms with Gasteiger partial charge in [0.15, 0.2) is 6.29 Å². The first-order valence-corrected chi connectivity index (χ1v) is 4.42. The van der Waals surface area contributed by atoms with Crippen molar-refractivity contribution in [3.63, 3.8) is 0 Å². The minimum Gasteiger partial charge on any atom is -0.296 e. The van der Waals surface area contributed by atoms with Crippen LogP contribution in [0.3, 0.4) is 0 Å². The zero-order valence-corrected chi connectivity index (χ0v) is 8.66. The van der Waals surface area contributed by atoms with Crippen LogP contribution in [0.15, 0.2) is 6.07 Å². The molecule has 0 aliphatic carbocycles. The molecule has 0 radical (unpaired) electrons. The van der Waals surface area contributed by atoms with E-state index >= 15 is 0 Å². The molecule has 1 aromatic rings. The molecular weight excluding hydrogens is 164 g/mol. The van der Waals surface area contributed by atoms with Gasteiger partial charge in [0.05, 0.1) is 5.69 Å². The molecular formula is C10H16N2O. The maximum atomic E-state index is 10.7. The molecule has 1 rings (SSSR count). The second kappa shape index (κ2) is 3.32. The SMILES string of the molecule is Cc1cc(C=O)n(CC(C)(C)C)n1. The third-order valence-corrected chi connectivity index (χ3v) is 1.68. The number of hydrogen-bond acceptors (Lipinski definition) is 2. The van der Waals surface area contributed by atoms with Crippen LogP contribution in [0.1, 0.15) is 37.0 Å². The van der Waals surface area contributed by atoms with Crippen molar-refractivity contribution in [2.24, 2.45) is 5.41 Å². The summed E-state index contributed by atoms with van der Waals surface area (Å²) in [6.07, 6.45) is 0.853. The molecule has 1 heterocycles. The van der Waals surface area contributed by atoms with Crippen LogP contribution in [0, 0.1) is 12.3 Å². The minimum absolute atomic E-state index is 0.149. The number of aromatic nitrogens is 2. The molecule has 1 aromatic heterocycles. The van der Waals surface area contributed by atoms with Gasteiger partial charge in [-0.25, -0.2) is 0 Å². The van der Waals surface area contributed by atoms with E-state index in [4.69, 9.17) is 0 Å². The van der Waals surface area contributed by atoms with E-state index in [1.165, 1.54) is 0 Å². The molecule has 0 aliphatic rings. The Morgan fingerprint density at radius 2 is 2.15 bits per heavy atom. The second-order valence-electron chi connectivity index (χ2n) is 4.55. The summed E-state index contributed by atoms with van der Waals surface area (Å²) >= 11 is 0. The van der Waals surface area contributed by atoms with E-state index in [0.717, 1.165) is 18.5 Å². The first-order valence-electron chi connectivity index (χ1n) is 4.42. The lowest BCUT2D eigenvalue weighted by molar-refractivity contribution is 0.111. The monoisotopic (exact) mass is 180 g/mol. The van der Waals surface area contributed by atoms with Gasteiger partial charge in [-0.2, -0.15) is 5.10 Å². The summed E-state index contributed by atoms with van der Waals surface area (Å²) in [5.74, 6) is 0. The predicted octanol–water partition coefficient (Wildman–Crippen LogP) is 2.05. The fourth-order valence-corrected chi connectivity index (χ4v) is 1.24. The van der Waals surface area contributed by atoms with Crippen molar-refractivity contribution in [2.45, 2.75) is 34.2 Å². The van der Waals surface area contributed by atoms with Crippen molar-refractivity contribution < 1.29 is 4.79 Å². The van der Waals surface area contributed by atoms with Crippen LogP contribution >= 0.6 is 0 Å². The second-order valence-corrected chi connectivity index (χ2v) is 4.55. The Morgan fingerprint density at radius 1 is 1.54 bits per heavy atom. The first-order chi connectivity index (χ1) is 5.92. The van der Waals surface area contributed by atoms with Gasteiger partial charge in [0.2, 0.25) is 0 Å². The van der Waals surface area contributed by atoms with Crippen molar-refractivity contribution in [1.82, 2.24) is 9.78 Å². The molecule has 0 saturated carbocycles. The summed E-state index contributed by atoms with van der Waals surface area (Å²) in [5.41, 5.74) is 1.70. The molecule has 0 atom stereocenters. The summed E-state index contributed by atoms with van der Waals surface area (Å²) in [5, 5.41) is 4.25. The quantitative estimate of drug-likeness (QED) is 0.653. The molecule has 0 unspecified atom stereocenters. The van der Waals surface area contributed by atoms with E-state index < -0.39 is 0 Å². The summed E-state index contributed by atoms with van der Waals surface area (Å²) in [4.78, 5) is 10.7. The maximum absolute atomic E-state index is 10.7. The van der Waals surface area contributed by atoms with Crippen LogP contribution in [0.5, 0.6) is 0 Å². The summed E-state index contributed by atoms with van der Waals surface area (Å²) < 4.78 is 1.77. The van der Waals surface area contributed by atoms with Crippen molar-refractivity contribution in [3.8, 4) is 0 Å². The van der Waals surface area contributed by atoms with E-state index in [-0.39, 0.29) is 5.41 Å². The third-order valence-electron chi connectivity index (χ3n) is 1.68. The molecule has 3 heteroatoms. The lowest BCUT2D eigenvalue weighted by Crippen LogP contribution is -2.18. The molecule has 0 bridgehead atoms. The van der Waals surface area contributed by atoms with Crippen LogP contribution in [-0.2, 0) is 6.54 Å². The van der Waals surface area contributed by atoms with Crippen molar-refractivity contribution in [1.29, 1.82) is 0 Å². The van der Waals surface area contributed by atoms with Gasteiger partial charge in [-0.3, -0.25) is 9.48 Å². The normalized spacial score (nSPS) is 11.7. The fourth-order valence-electron chi connectivity index (χ4n) is 1.24. The van der Waals surface area contributed by atoms with Crippen LogP contribution in [0.4, 0.5) is 0 Å². The topological polar surface area (TPSA) is 34.9 Å². The molecule has 72 valence electrons. The zero-order chi connectivity index (χ0) is 10.1. The lowest BCUT2D eigenvalue weighted by Gasteiger charge is -2.18. The standard InChI is InChI=1S/C10H16N2O/c1-8-5-9(6-13)12(11-8)7-10(2,3)4/h5-6H,7H2,1-4H3. The highest BCUT2D eigenvalue weighted by molar-refractivity contribution is 5.72. The van der Waals surface area contributed by atoms with Gasteiger partial charge >= 0.3 is 0 Å². The largest absolute Gasteiger partial charge is 0.296 e. The number of carbonyl (C=O) groups is 1. The molecule has 3 nitrogen and oxygen atoms in total. The van der Waals surface area contributed by atoms with E-state index in [2.05, 4.69) is 25.9 Å². The smallest absolute Gasteiger partial charge is 0.168 e. The van der Waals surface area contributed by atoms with E-state index in [1.54, 1.807) is 10.7 Å². The number of rotatable bonds is 2.